The van der Waals surface area contributed by atoms with Gasteiger partial charge in [-0.1, -0.05) is 42.5 Å². The molecule has 2 amide bonds. The number of pyridine rings is 1. The Bertz CT molecular complexity index is 1300. The summed E-state index contributed by atoms with van der Waals surface area (Å²) in [5.74, 6) is 1.22. The summed E-state index contributed by atoms with van der Waals surface area (Å²) in [6.07, 6.45) is 2.78. The lowest BCUT2D eigenvalue weighted by atomic mass is 10.1. The van der Waals surface area contributed by atoms with Crippen LogP contribution in [0.3, 0.4) is 0 Å². The Morgan fingerprint density at radius 3 is 2.44 bits per heavy atom. The minimum Gasteiger partial charge on any atom is -0.497 e. The number of methoxy groups -OCH3 is 1. The van der Waals surface area contributed by atoms with E-state index in [1.807, 2.05) is 61.5 Å². The normalized spacial score (nSPS) is 10.8. The lowest BCUT2D eigenvalue weighted by Gasteiger charge is -2.18. The van der Waals surface area contributed by atoms with E-state index in [0.29, 0.717) is 36.4 Å². The minimum absolute atomic E-state index is 0.0110. The number of fused-ring (bicyclic) bond motifs is 1. The second-order valence-corrected chi connectivity index (χ2v) is 8.14. The second-order valence-electron chi connectivity index (χ2n) is 8.14. The van der Waals surface area contributed by atoms with Gasteiger partial charge < -0.3 is 10.1 Å². The topological polar surface area (TPSA) is 75.9 Å². The highest BCUT2D eigenvalue weighted by Gasteiger charge is 2.19. The van der Waals surface area contributed by atoms with Crippen molar-refractivity contribution in [2.75, 3.05) is 19.1 Å². The number of carbonyl (C=O) groups excluding carboxylic acids is 2. The van der Waals surface area contributed by atoms with Crippen LogP contribution in [0.2, 0.25) is 0 Å². The van der Waals surface area contributed by atoms with Gasteiger partial charge in [-0.25, -0.2) is 4.98 Å². The first-order chi connectivity index (χ1) is 16.5. The summed E-state index contributed by atoms with van der Waals surface area (Å²) in [4.78, 5) is 31.9. The maximum absolute atomic E-state index is 12.9. The van der Waals surface area contributed by atoms with Gasteiger partial charge in [-0.2, -0.15) is 0 Å². The fourth-order valence-corrected chi connectivity index (χ4v) is 3.90. The number of nitrogens with zero attached hydrogens (tertiary/aromatic N) is 3. The number of amides is 2. The molecular formula is C27H28N4O3. The monoisotopic (exact) mass is 456 g/mol. The van der Waals surface area contributed by atoms with Gasteiger partial charge in [0.15, 0.2) is 0 Å². The van der Waals surface area contributed by atoms with Crippen molar-refractivity contribution in [3.8, 4) is 5.75 Å². The third-order valence-corrected chi connectivity index (χ3v) is 5.80. The van der Waals surface area contributed by atoms with Crippen LogP contribution in [0.25, 0.3) is 5.65 Å². The smallest absolute Gasteiger partial charge is 0.253 e. The standard InChI is InChI=1S/C27H28N4O3/c1-19-27(30(2)25(32)16-11-20-7-5-4-6-8-20)31-18-22(12-15-24(31)29-19)26(33)28-17-21-9-13-23(34-3)14-10-21/h4-10,12-15,18H,11,16-17H2,1-3H3,(H,28,33). The zero-order valence-corrected chi connectivity index (χ0v) is 19.6. The second kappa shape index (κ2) is 10.2. The van der Waals surface area contributed by atoms with Gasteiger partial charge >= 0.3 is 0 Å². The van der Waals surface area contributed by atoms with Crippen molar-refractivity contribution in [3.05, 3.63) is 95.3 Å². The summed E-state index contributed by atoms with van der Waals surface area (Å²) >= 11 is 0. The summed E-state index contributed by atoms with van der Waals surface area (Å²) < 4.78 is 6.97. The van der Waals surface area contributed by atoms with E-state index in [9.17, 15) is 9.59 Å². The van der Waals surface area contributed by atoms with Crippen LogP contribution in [0.15, 0.2) is 72.9 Å². The summed E-state index contributed by atoms with van der Waals surface area (Å²) in [6.45, 7) is 2.27. The molecule has 2 heterocycles. The molecule has 2 aromatic carbocycles. The Morgan fingerprint density at radius 2 is 1.74 bits per heavy atom. The number of ether oxygens (including phenoxy) is 1. The molecule has 4 rings (SSSR count). The molecule has 1 N–H and O–H groups in total. The first-order valence-corrected chi connectivity index (χ1v) is 11.2. The number of anilines is 1. The third-order valence-electron chi connectivity index (χ3n) is 5.80. The first-order valence-electron chi connectivity index (χ1n) is 11.2. The Hall–Kier alpha value is -4.13. The molecule has 0 aliphatic rings. The lowest BCUT2D eigenvalue weighted by Crippen LogP contribution is -2.28. The molecule has 174 valence electrons. The number of hydrogen-bond acceptors (Lipinski definition) is 4. The predicted octanol–water partition coefficient (Wildman–Crippen LogP) is 4.18. The van der Waals surface area contributed by atoms with Gasteiger partial charge in [-0.15, -0.1) is 0 Å². The molecule has 7 heteroatoms. The maximum atomic E-state index is 12.9. The van der Waals surface area contributed by atoms with Gasteiger partial charge in [0, 0.05) is 26.2 Å². The van der Waals surface area contributed by atoms with E-state index >= 15 is 0 Å². The molecule has 7 nitrogen and oxygen atoms in total. The van der Waals surface area contributed by atoms with Crippen LogP contribution in [0.1, 0.15) is 33.6 Å². The molecule has 34 heavy (non-hydrogen) atoms. The number of rotatable bonds is 8. The van der Waals surface area contributed by atoms with Gasteiger partial charge in [-0.05, 0) is 48.7 Å². The highest BCUT2D eigenvalue weighted by atomic mass is 16.5. The molecule has 4 aromatic rings. The van der Waals surface area contributed by atoms with Crippen LogP contribution in [0, 0.1) is 6.92 Å². The molecule has 0 radical (unpaired) electrons. The quantitative estimate of drug-likeness (QED) is 0.432. The average Bonchev–Trinajstić information content (AvgIpc) is 3.21. The Labute approximate surface area is 199 Å². The number of aromatic nitrogens is 2. The van der Waals surface area contributed by atoms with E-state index in [0.717, 1.165) is 22.6 Å². The van der Waals surface area contributed by atoms with Crippen molar-refractivity contribution in [3.63, 3.8) is 0 Å². The van der Waals surface area contributed by atoms with E-state index < -0.39 is 0 Å². The van der Waals surface area contributed by atoms with Crippen molar-refractivity contribution in [2.45, 2.75) is 26.3 Å². The van der Waals surface area contributed by atoms with Crippen LogP contribution < -0.4 is 15.0 Å². The molecule has 0 saturated heterocycles. The zero-order valence-electron chi connectivity index (χ0n) is 19.6. The van der Waals surface area contributed by atoms with Crippen molar-refractivity contribution in [1.29, 1.82) is 0 Å². The van der Waals surface area contributed by atoms with Crippen molar-refractivity contribution in [1.82, 2.24) is 14.7 Å². The van der Waals surface area contributed by atoms with E-state index in [-0.39, 0.29) is 11.8 Å². The predicted molar refractivity (Wildman–Crippen MR) is 132 cm³/mol. The number of nitrogens with one attached hydrogen (secondary N) is 1. The van der Waals surface area contributed by atoms with Gasteiger partial charge in [0.1, 0.15) is 17.2 Å². The fraction of sp³-hybridized carbons (Fsp3) is 0.222. The number of benzene rings is 2. The highest BCUT2D eigenvalue weighted by molar-refractivity contribution is 5.95. The molecule has 0 unspecified atom stereocenters. The third kappa shape index (κ3) is 5.09. The number of imidazole rings is 1. The van der Waals surface area contributed by atoms with Crippen molar-refractivity contribution in [2.24, 2.45) is 0 Å². The molecule has 0 fully saturated rings. The summed E-state index contributed by atoms with van der Waals surface area (Å²) in [6, 6.07) is 21.0. The average molecular weight is 457 g/mol. The molecule has 0 spiro atoms. The van der Waals surface area contributed by atoms with Crippen LogP contribution in [0.4, 0.5) is 5.82 Å². The fourth-order valence-electron chi connectivity index (χ4n) is 3.90. The summed E-state index contributed by atoms with van der Waals surface area (Å²) in [5, 5.41) is 2.94. The Kier molecular flexibility index (Phi) is 6.92. The number of hydrogen-bond donors (Lipinski definition) is 1. The first kappa shape index (κ1) is 23.0. The summed E-state index contributed by atoms with van der Waals surface area (Å²) in [7, 11) is 3.37. The van der Waals surface area contributed by atoms with E-state index in [2.05, 4.69) is 10.3 Å². The molecule has 0 atom stereocenters. The van der Waals surface area contributed by atoms with E-state index in [4.69, 9.17) is 4.74 Å². The number of aryl methyl sites for hydroxylation is 2. The van der Waals surface area contributed by atoms with Crippen LogP contribution >= 0.6 is 0 Å². The molecule has 0 aliphatic carbocycles. The van der Waals surface area contributed by atoms with Crippen molar-refractivity contribution >= 4 is 23.3 Å². The van der Waals surface area contributed by atoms with Crippen LogP contribution in [-0.4, -0.2) is 35.4 Å². The van der Waals surface area contributed by atoms with Gasteiger partial charge in [0.2, 0.25) is 5.91 Å². The van der Waals surface area contributed by atoms with Gasteiger partial charge in [-0.3, -0.25) is 18.9 Å². The Balaban J connectivity index is 1.49. The minimum atomic E-state index is -0.201. The van der Waals surface area contributed by atoms with Crippen LogP contribution in [0.5, 0.6) is 5.75 Å². The summed E-state index contributed by atoms with van der Waals surface area (Å²) in [5.41, 5.74) is 3.99. The molecule has 0 saturated carbocycles. The van der Waals surface area contributed by atoms with Crippen molar-refractivity contribution < 1.29 is 14.3 Å². The van der Waals surface area contributed by atoms with E-state index in [1.165, 1.54) is 0 Å². The van der Waals surface area contributed by atoms with Gasteiger partial charge in [0.05, 0.1) is 18.4 Å². The van der Waals surface area contributed by atoms with E-state index in [1.54, 1.807) is 41.8 Å². The molecular weight excluding hydrogens is 428 g/mol. The highest BCUT2D eigenvalue weighted by Crippen LogP contribution is 2.23. The molecule has 2 aromatic heterocycles. The van der Waals surface area contributed by atoms with Gasteiger partial charge in [0.25, 0.3) is 5.91 Å². The zero-order chi connectivity index (χ0) is 24.1. The number of carbonyl (C=O) groups is 2. The largest absolute Gasteiger partial charge is 0.497 e. The molecule has 0 aliphatic heterocycles. The Morgan fingerprint density at radius 1 is 1.00 bits per heavy atom. The SMILES string of the molecule is COc1ccc(CNC(=O)c2ccc3nc(C)c(N(C)C(=O)CCc4ccccc4)n3c2)cc1. The lowest BCUT2D eigenvalue weighted by molar-refractivity contribution is -0.118. The van der Waals surface area contributed by atoms with Crippen LogP contribution in [-0.2, 0) is 17.8 Å². The maximum Gasteiger partial charge on any atom is 0.253 e. The molecule has 0 bridgehead atoms.